The lowest BCUT2D eigenvalue weighted by molar-refractivity contribution is -0.385. The van der Waals surface area contributed by atoms with E-state index in [0.717, 1.165) is 0 Å². The molecule has 1 rings (SSSR count). The van der Waals surface area contributed by atoms with Crippen LogP contribution in [0.25, 0.3) is 0 Å². The van der Waals surface area contributed by atoms with Crippen LogP contribution >= 0.6 is 15.9 Å². The maximum absolute atomic E-state index is 11.3. The summed E-state index contributed by atoms with van der Waals surface area (Å²) in [7, 11) is 0. The van der Waals surface area contributed by atoms with Crippen LogP contribution in [0.3, 0.4) is 0 Å². The molecule has 1 aromatic rings. The Labute approximate surface area is 111 Å². The van der Waals surface area contributed by atoms with Crippen LogP contribution in [0.2, 0.25) is 0 Å². The van der Waals surface area contributed by atoms with E-state index in [4.69, 9.17) is 4.74 Å². The highest BCUT2D eigenvalue weighted by Gasteiger charge is 2.20. The third-order valence-electron chi connectivity index (χ3n) is 2.16. The van der Waals surface area contributed by atoms with Gasteiger partial charge in [0.1, 0.15) is 0 Å². The monoisotopic (exact) mass is 315 g/mol. The number of nitrogens with zero attached hydrogens (tertiary/aromatic N) is 1. The number of carbonyl (C=O) groups is 2. The number of carbonyl (C=O) groups excluding carboxylic acids is 2. The topological polar surface area (TPSA) is 86.5 Å². The third-order valence-corrected chi connectivity index (χ3v) is 2.62. The molecular weight excluding hydrogens is 306 g/mol. The molecule has 0 aliphatic rings. The maximum Gasteiger partial charge on any atom is 0.310 e. The highest BCUT2D eigenvalue weighted by atomic mass is 79.9. The average Bonchev–Trinajstić information content (AvgIpc) is 2.28. The molecule has 0 N–H and O–H groups in total. The van der Waals surface area contributed by atoms with Gasteiger partial charge in [0, 0.05) is 10.5 Å². The fraction of sp³-hybridized carbons (Fsp3) is 0.273. The highest BCUT2D eigenvalue weighted by Crippen LogP contribution is 2.26. The van der Waals surface area contributed by atoms with E-state index in [1.54, 1.807) is 6.92 Å². The summed E-state index contributed by atoms with van der Waals surface area (Å²) in [6, 6.07) is 2.71. The largest absolute Gasteiger partial charge is 0.466 e. The van der Waals surface area contributed by atoms with Gasteiger partial charge < -0.3 is 4.74 Å². The first-order valence-corrected chi connectivity index (χ1v) is 5.86. The minimum atomic E-state index is -0.664. The quantitative estimate of drug-likeness (QED) is 0.360. The molecule has 96 valence electrons. The number of rotatable bonds is 5. The van der Waals surface area contributed by atoms with Gasteiger partial charge in [0.2, 0.25) is 0 Å². The van der Waals surface area contributed by atoms with Crippen LogP contribution in [-0.2, 0) is 16.0 Å². The molecule has 0 radical (unpaired) electrons. The Morgan fingerprint density at radius 1 is 1.56 bits per heavy atom. The Balaban J connectivity index is 3.21. The molecule has 18 heavy (non-hydrogen) atoms. The van der Waals surface area contributed by atoms with Crippen molar-refractivity contribution in [3.8, 4) is 0 Å². The molecule has 6 nitrogen and oxygen atoms in total. The van der Waals surface area contributed by atoms with Crippen molar-refractivity contribution in [3.63, 3.8) is 0 Å². The first-order chi connectivity index (χ1) is 8.49. The molecule has 0 amide bonds. The van der Waals surface area contributed by atoms with Gasteiger partial charge in [-0.25, -0.2) is 0 Å². The van der Waals surface area contributed by atoms with Gasteiger partial charge in [-0.05, 0) is 18.6 Å². The lowest BCUT2D eigenvalue weighted by Crippen LogP contribution is -2.10. The predicted octanol–water partition coefficient (Wildman–Crippen LogP) is 2.28. The molecule has 7 heteroatoms. The van der Waals surface area contributed by atoms with Crippen LogP contribution < -0.4 is 0 Å². The summed E-state index contributed by atoms with van der Waals surface area (Å²) in [5.41, 5.74) is -0.167. The van der Waals surface area contributed by atoms with Crippen molar-refractivity contribution in [1.29, 1.82) is 0 Å². The molecular formula is C11H10BrNO5. The Morgan fingerprint density at radius 3 is 2.72 bits per heavy atom. The fourth-order valence-electron chi connectivity index (χ4n) is 1.46. The van der Waals surface area contributed by atoms with Gasteiger partial charge in [-0.15, -0.1) is 0 Å². The standard InChI is InChI=1S/C11H10BrNO5/c1-2-18-11(15)4-7-3-8(12)5-10(13(16)17)9(7)6-14/h3,5-6H,2,4H2,1H3. The van der Waals surface area contributed by atoms with Gasteiger partial charge >= 0.3 is 5.97 Å². The predicted molar refractivity (Wildman–Crippen MR) is 66.5 cm³/mol. The summed E-state index contributed by atoms with van der Waals surface area (Å²) in [4.78, 5) is 32.4. The van der Waals surface area contributed by atoms with Crippen molar-refractivity contribution < 1.29 is 19.2 Å². The molecule has 1 aromatic carbocycles. The third kappa shape index (κ3) is 3.36. The van der Waals surface area contributed by atoms with E-state index >= 15 is 0 Å². The Morgan fingerprint density at radius 2 is 2.22 bits per heavy atom. The number of hydrogen-bond donors (Lipinski definition) is 0. The number of benzene rings is 1. The zero-order valence-electron chi connectivity index (χ0n) is 9.51. The van der Waals surface area contributed by atoms with Gasteiger partial charge in [0.05, 0.1) is 23.5 Å². The minimum Gasteiger partial charge on any atom is -0.466 e. The fourth-order valence-corrected chi connectivity index (χ4v) is 1.95. The van der Waals surface area contributed by atoms with E-state index in [9.17, 15) is 19.7 Å². The van der Waals surface area contributed by atoms with Crippen LogP contribution in [0, 0.1) is 10.1 Å². The highest BCUT2D eigenvalue weighted by molar-refractivity contribution is 9.10. The molecule has 0 aliphatic carbocycles. The van der Waals surface area contributed by atoms with E-state index < -0.39 is 10.9 Å². The molecule has 0 heterocycles. The van der Waals surface area contributed by atoms with E-state index in [1.807, 2.05) is 0 Å². The van der Waals surface area contributed by atoms with E-state index in [-0.39, 0.29) is 29.8 Å². The van der Waals surface area contributed by atoms with Crippen molar-refractivity contribution in [2.24, 2.45) is 0 Å². The molecule has 0 bridgehead atoms. The lowest BCUT2D eigenvalue weighted by Gasteiger charge is -2.06. The number of ether oxygens (including phenoxy) is 1. The second-order valence-corrected chi connectivity index (χ2v) is 4.27. The van der Waals surface area contributed by atoms with E-state index in [2.05, 4.69) is 15.9 Å². The SMILES string of the molecule is CCOC(=O)Cc1cc(Br)cc([N+](=O)[O-])c1C=O. The maximum atomic E-state index is 11.3. The number of hydrogen-bond acceptors (Lipinski definition) is 5. The Hall–Kier alpha value is -1.76. The van der Waals surface area contributed by atoms with Crippen LogP contribution in [0.4, 0.5) is 5.69 Å². The van der Waals surface area contributed by atoms with Crippen LogP contribution in [0.1, 0.15) is 22.8 Å². The summed E-state index contributed by atoms with van der Waals surface area (Å²) < 4.78 is 5.18. The van der Waals surface area contributed by atoms with Gasteiger partial charge in [-0.1, -0.05) is 15.9 Å². The normalized spacial score (nSPS) is 9.89. The van der Waals surface area contributed by atoms with Crippen LogP contribution in [-0.4, -0.2) is 23.8 Å². The summed E-state index contributed by atoms with van der Waals surface area (Å²) >= 11 is 3.10. The molecule has 0 atom stereocenters. The number of aldehydes is 1. The molecule has 0 fully saturated rings. The van der Waals surface area contributed by atoms with Gasteiger partial charge in [-0.3, -0.25) is 19.7 Å². The van der Waals surface area contributed by atoms with Crippen molar-refractivity contribution in [2.45, 2.75) is 13.3 Å². The molecule has 0 aromatic heterocycles. The van der Waals surface area contributed by atoms with Crippen molar-refractivity contribution in [1.82, 2.24) is 0 Å². The van der Waals surface area contributed by atoms with E-state index in [1.165, 1.54) is 12.1 Å². The number of nitro groups is 1. The minimum absolute atomic E-state index is 0.101. The Kier molecular flexibility index (Phi) is 4.96. The number of nitro benzene ring substituents is 1. The Bertz CT molecular complexity index is 500. The second-order valence-electron chi connectivity index (χ2n) is 3.35. The number of halogens is 1. The number of esters is 1. The van der Waals surface area contributed by atoms with Crippen LogP contribution in [0.5, 0.6) is 0 Å². The van der Waals surface area contributed by atoms with E-state index in [0.29, 0.717) is 10.8 Å². The smallest absolute Gasteiger partial charge is 0.310 e. The first kappa shape index (κ1) is 14.3. The van der Waals surface area contributed by atoms with Crippen molar-refractivity contribution >= 4 is 33.9 Å². The summed E-state index contributed by atoms with van der Waals surface area (Å²) in [5.74, 6) is -0.534. The zero-order chi connectivity index (χ0) is 13.7. The zero-order valence-corrected chi connectivity index (χ0v) is 11.1. The lowest BCUT2D eigenvalue weighted by atomic mass is 10.0. The molecule has 0 spiro atoms. The van der Waals surface area contributed by atoms with Crippen LogP contribution in [0.15, 0.2) is 16.6 Å². The second kappa shape index (κ2) is 6.25. The molecule has 0 saturated carbocycles. The summed E-state index contributed by atoms with van der Waals surface area (Å²) in [6.45, 7) is 1.87. The van der Waals surface area contributed by atoms with Gasteiger partial charge in [0.25, 0.3) is 5.69 Å². The first-order valence-electron chi connectivity index (χ1n) is 5.07. The summed E-state index contributed by atoms with van der Waals surface area (Å²) in [5, 5.41) is 10.8. The summed E-state index contributed by atoms with van der Waals surface area (Å²) in [6.07, 6.45) is 0.196. The van der Waals surface area contributed by atoms with Gasteiger partial charge in [-0.2, -0.15) is 0 Å². The molecule has 0 aliphatic heterocycles. The molecule has 0 unspecified atom stereocenters. The average molecular weight is 316 g/mol. The van der Waals surface area contributed by atoms with Gasteiger partial charge in [0.15, 0.2) is 6.29 Å². The molecule has 0 saturated heterocycles. The van der Waals surface area contributed by atoms with Crippen molar-refractivity contribution in [3.05, 3.63) is 37.8 Å². The van der Waals surface area contributed by atoms with Crippen molar-refractivity contribution in [2.75, 3.05) is 6.61 Å².